The van der Waals surface area contributed by atoms with Crippen molar-refractivity contribution in [2.24, 2.45) is 0 Å². The second kappa shape index (κ2) is 10.9. The van der Waals surface area contributed by atoms with E-state index in [1.54, 1.807) is 0 Å². The van der Waals surface area contributed by atoms with Crippen molar-refractivity contribution in [3.8, 4) is 33.4 Å². The average molecular weight is 646 g/mol. The number of hydrogen-bond donors (Lipinski definition) is 1. The molecule has 1 nitrogen and oxygen atoms in total. The van der Waals surface area contributed by atoms with Crippen LogP contribution < -0.4 is 0 Å². The zero-order valence-electron chi connectivity index (χ0n) is 27.8. The Morgan fingerprint density at radius 2 is 0.765 bits per heavy atom. The number of rotatable bonds is 3. The van der Waals surface area contributed by atoms with Crippen LogP contribution in [0.1, 0.15) is 0 Å². The van der Waals surface area contributed by atoms with Crippen molar-refractivity contribution in [1.82, 2.24) is 4.98 Å². The maximum absolute atomic E-state index is 3.89. The smallest absolute Gasteiger partial charge is 0.0551 e. The van der Waals surface area contributed by atoms with Crippen molar-refractivity contribution in [1.29, 1.82) is 0 Å². The van der Waals surface area contributed by atoms with Crippen LogP contribution in [0.3, 0.4) is 0 Å². The molecule has 0 amide bonds. The molecule has 51 heavy (non-hydrogen) atoms. The van der Waals surface area contributed by atoms with E-state index in [1.807, 2.05) is 0 Å². The van der Waals surface area contributed by atoms with Gasteiger partial charge >= 0.3 is 0 Å². The lowest BCUT2D eigenvalue weighted by Crippen LogP contribution is -1.91. The Morgan fingerprint density at radius 1 is 0.275 bits per heavy atom. The summed E-state index contributed by atoms with van der Waals surface area (Å²) in [5.41, 5.74) is 9.80. The van der Waals surface area contributed by atoms with Crippen LogP contribution in [-0.4, -0.2) is 4.98 Å². The second-order valence-corrected chi connectivity index (χ2v) is 13.7. The highest BCUT2D eigenvalue weighted by molar-refractivity contribution is 6.31. The molecule has 0 spiro atoms. The molecule has 0 aliphatic heterocycles. The predicted octanol–water partition coefficient (Wildman–Crippen LogP) is 14.1. The Kier molecular flexibility index (Phi) is 6.02. The monoisotopic (exact) mass is 645 g/mol. The van der Waals surface area contributed by atoms with Crippen molar-refractivity contribution in [3.05, 3.63) is 182 Å². The minimum Gasteiger partial charge on any atom is -0.354 e. The summed E-state index contributed by atoms with van der Waals surface area (Å²) in [5.74, 6) is 0. The number of nitrogens with one attached hydrogen (secondary N) is 1. The minimum absolute atomic E-state index is 1.16. The minimum atomic E-state index is 1.16. The Labute approximate surface area is 295 Å². The summed E-state index contributed by atoms with van der Waals surface area (Å²) >= 11 is 0. The zero-order valence-corrected chi connectivity index (χ0v) is 27.8. The van der Waals surface area contributed by atoms with Gasteiger partial charge in [-0.2, -0.15) is 0 Å². The van der Waals surface area contributed by atoms with Gasteiger partial charge < -0.3 is 4.98 Å². The maximum Gasteiger partial charge on any atom is 0.0551 e. The Bertz CT molecular complexity index is 3140. The van der Waals surface area contributed by atoms with E-state index in [2.05, 4.69) is 187 Å². The largest absolute Gasteiger partial charge is 0.354 e. The average Bonchev–Trinajstić information content (AvgIpc) is 3.59. The van der Waals surface area contributed by atoms with Crippen LogP contribution in [-0.2, 0) is 0 Å². The topological polar surface area (TPSA) is 15.8 Å². The predicted molar refractivity (Wildman–Crippen MR) is 220 cm³/mol. The highest BCUT2D eigenvalue weighted by Gasteiger charge is 2.19. The highest BCUT2D eigenvalue weighted by atomic mass is 14.7. The number of H-pyrrole nitrogens is 1. The molecule has 0 saturated carbocycles. The summed E-state index contributed by atoms with van der Waals surface area (Å²) in [7, 11) is 0. The molecule has 0 bridgehead atoms. The molecule has 11 rings (SSSR count). The first-order chi connectivity index (χ1) is 25.3. The SMILES string of the molecule is c1cc(-c2ccc3ccccc3c2)cc(-c2c3ccccc3c(-c3ccc4c(c3)[nH]c3c5ccccc5c5ccccc5c43)c3ccccc23)c1. The fraction of sp³-hybridized carbons (Fsp3) is 0. The number of aromatic amines is 1. The fourth-order valence-electron chi connectivity index (χ4n) is 8.68. The molecule has 10 aromatic carbocycles. The van der Waals surface area contributed by atoms with Gasteiger partial charge in [-0.15, -0.1) is 0 Å². The third-order valence-corrected chi connectivity index (χ3v) is 10.9. The maximum atomic E-state index is 3.89. The van der Waals surface area contributed by atoms with Crippen molar-refractivity contribution in [2.75, 3.05) is 0 Å². The summed E-state index contributed by atoms with van der Waals surface area (Å²) in [6.07, 6.45) is 0. The lowest BCUT2D eigenvalue weighted by atomic mass is 9.85. The van der Waals surface area contributed by atoms with E-state index in [4.69, 9.17) is 0 Å². The van der Waals surface area contributed by atoms with E-state index in [0.717, 1.165) is 5.52 Å². The summed E-state index contributed by atoms with van der Waals surface area (Å²) in [6, 6.07) is 66.9. The first-order valence-corrected chi connectivity index (χ1v) is 17.7. The van der Waals surface area contributed by atoms with Gasteiger partial charge in [0.2, 0.25) is 0 Å². The first-order valence-electron chi connectivity index (χ1n) is 17.7. The van der Waals surface area contributed by atoms with E-state index in [0.29, 0.717) is 0 Å². The van der Waals surface area contributed by atoms with Gasteiger partial charge in [0, 0.05) is 21.7 Å². The standard InChI is InChI=1S/C50H31N/c1-2-13-32-28-34(25-24-31(32)12-1)33-14-11-15-35(29-33)47-40-19-6-8-21-42(40)48(43-22-9-7-20-41(43)47)36-26-27-45-46(30-36)51-50-44-23-10-4-17-38(44)37-16-3-5-18-39(37)49(45)50/h1-30,51H. The summed E-state index contributed by atoms with van der Waals surface area (Å²) in [6.45, 7) is 0. The van der Waals surface area contributed by atoms with Gasteiger partial charge in [-0.3, -0.25) is 0 Å². The molecule has 11 aromatic rings. The number of fused-ring (bicyclic) bond motifs is 11. The zero-order chi connectivity index (χ0) is 33.5. The van der Waals surface area contributed by atoms with E-state index in [1.165, 1.54) is 104 Å². The third-order valence-electron chi connectivity index (χ3n) is 10.9. The summed E-state index contributed by atoms with van der Waals surface area (Å²) in [4.78, 5) is 3.89. The van der Waals surface area contributed by atoms with Gasteiger partial charge in [-0.05, 0) is 100 Å². The molecule has 0 aliphatic rings. The van der Waals surface area contributed by atoms with Crippen LogP contribution in [0.25, 0.3) is 109 Å². The molecular formula is C50H31N. The van der Waals surface area contributed by atoms with E-state index in [9.17, 15) is 0 Å². The van der Waals surface area contributed by atoms with Gasteiger partial charge in [0.25, 0.3) is 0 Å². The molecule has 0 atom stereocenters. The van der Waals surface area contributed by atoms with E-state index < -0.39 is 0 Å². The number of aromatic nitrogens is 1. The molecule has 1 N–H and O–H groups in total. The second-order valence-electron chi connectivity index (χ2n) is 13.7. The van der Waals surface area contributed by atoms with Crippen LogP contribution in [0.4, 0.5) is 0 Å². The lowest BCUT2D eigenvalue weighted by Gasteiger charge is -2.18. The van der Waals surface area contributed by atoms with Gasteiger partial charge in [0.05, 0.1) is 5.52 Å². The van der Waals surface area contributed by atoms with Crippen LogP contribution in [0.2, 0.25) is 0 Å². The van der Waals surface area contributed by atoms with Crippen molar-refractivity contribution >= 4 is 75.7 Å². The van der Waals surface area contributed by atoms with Crippen molar-refractivity contribution < 1.29 is 0 Å². The number of benzene rings is 10. The van der Waals surface area contributed by atoms with E-state index in [-0.39, 0.29) is 0 Å². The van der Waals surface area contributed by atoms with Crippen molar-refractivity contribution in [3.63, 3.8) is 0 Å². The summed E-state index contributed by atoms with van der Waals surface area (Å²) in [5, 5.41) is 15.2. The lowest BCUT2D eigenvalue weighted by molar-refractivity contribution is 1.56. The van der Waals surface area contributed by atoms with Crippen LogP contribution in [0, 0.1) is 0 Å². The molecule has 1 aromatic heterocycles. The first kappa shape index (κ1) is 28.2. The molecule has 0 radical (unpaired) electrons. The summed E-state index contributed by atoms with van der Waals surface area (Å²) < 4.78 is 0. The molecule has 1 heterocycles. The number of hydrogen-bond acceptors (Lipinski definition) is 0. The highest BCUT2D eigenvalue weighted by Crippen LogP contribution is 2.46. The fourth-order valence-corrected chi connectivity index (χ4v) is 8.68. The van der Waals surface area contributed by atoms with Crippen LogP contribution in [0.5, 0.6) is 0 Å². The third kappa shape index (κ3) is 4.22. The molecular weight excluding hydrogens is 615 g/mol. The van der Waals surface area contributed by atoms with E-state index >= 15 is 0 Å². The van der Waals surface area contributed by atoms with Gasteiger partial charge in [0.15, 0.2) is 0 Å². The van der Waals surface area contributed by atoms with Crippen molar-refractivity contribution in [2.45, 2.75) is 0 Å². The Balaban J connectivity index is 1.15. The van der Waals surface area contributed by atoms with Gasteiger partial charge in [-0.1, -0.05) is 164 Å². The Hall–Kier alpha value is -6.70. The molecule has 0 fully saturated rings. The normalized spacial score (nSPS) is 11.9. The van der Waals surface area contributed by atoms with Gasteiger partial charge in [0.1, 0.15) is 0 Å². The van der Waals surface area contributed by atoms with Gasteiger partial charge in [-0.25, -0.2) is 0 Å². The molecule has 236 valence electrons. The molecule has 1 heteroatoms. The van der Waals surface area contributed by atoms with Crippen LogP contribution >= 0.6 is 0 Å². The molecule has 0 saturated heterocycles. The Morgan fingerprint density at radius 3 is 1.45 bits per heavy atom. The quantitative estimate of drug-likeness (QED) is 0.145. The molecule has 0 aliphatic carbocycles. The molecule has 0 unspecified atom stereocenters. The van der Waals surface area contributed by atoms with Crippen LogP contribution in [0.15, 0.2) is 182 Å².